The fourth-order valence-corrected chi connectivity index (χ4v) is 3.42. The number of ether oxygens (including phenoxy) is 1. The Bertz CT molecular complexity index is 926. The first-order valence-corrected chi connectivity index (χ1v) is 9.44. The molecule has 6 nitrogen and oxygen atoms in total. The summed E-state index contributed by atoms with van der Waals surface area (Å²) in [5, 5.41) is 8.27. The lowest BCUT2D eigenvalue weighted by Crippen LogP contribution is -2.41. The van der Waals surface area contributed by atoms with E-state index in [1.165, 1.54) is 11.3 Å². The molecule has 0 radical (unpaired) electrons. The molecule has 140 valence electrons. The number of likely N-dealkylation sites (N-methyl/N-ethyl adjacent to an activating group) is 1. The summed E-state index contributed by atoms with van der Waals surface area (Å²) in [6.07, 6.45) is 1.81. The number of aromatic nitrogens is 2. The summed E-state index contributed by atoms with van der Waals surface area (Å²) in [6.45, 7) is 2.28. The molecule has 0 fully saturated rings. The molecule has 1 aromatic carbocycles. The number of carbonyl (C=O) groups excluding carboxylic acids is 1. The first kappa shape index (κ1) is 19.2. The highest BCUT2D eigenvalue weighted by Gasteiger charge is 2.17. The van der Waals surface area contributed by atoms with Crippen molar-refractivity contribution in [3.63, 3.8) is 0 Å². The third-order valence-electron chi connectivity index (χ3n) is 4.12. The third-order valence-corrected chi connectivity index (χ3v) is 4.88. The number of nitrogens with zero attached hydrogens (tertiary/aromatic N) is 2. The number of anilines is 1. The molecule has 0 aliphatic heterocycles. The Balaban J connectivity index is 1.78. The Hall–Kier alpha value is -2.61. The first-order chi connectivity index (χ1) is 13.1. The highest BCUT2D eigenvalue weighted by atomic mass is 32.1. The zero-order valence-corrected chi connectivity index (χ0v) is 16.3. The summed E-state index contributed by atoms with van der Waals surface area (Å²) in [5.74, 6) is -0.165. The van der Waals surface area contributed by atoms with Crippen LogP contribution in [0.2, 0.25) is 0 Å². The Morgan fingerprint density at radius 2 is 2.00 bits per heavy atom. The van der Waals surface area contributed by atoms with Crippen LogP contribution in [0.1, 0.15) is 5.69 Å². The van der Waals surface area contributed by atoms with Gasteiger partial charge in [-0.1, -0.05) is 18.2 Å². The van der Waals surface area contributed by atoms with E-state index in [0.717, 1.165) is 28.1 Å². The van der Waals surface area contributed by atoms with Gasteiger partial charge in [-0.05, 0) is 43.3 Å². The minimum atomic E-state index is -0.416. The number of amides is 1. The monoisotopic (exact) mass is 382 g/mol. The number of aryl methyl sites for hydroxylation is 1. The second-order valence-electron chi connectivity index (χ2n) is 6.09. The smallest absolute Gasteiger partial charge is 0.245 e. The standard InChI is InChI=1S/C20H22N4O2S/c1-13-9-15(7-8-22-13)14-5-4-6-16(10-14)18-12-27-20(23-18)24-19(25)17(21-2)11-26-3/h4-10,12,17,21H,11H2,1-3H3,(H,23,24,25). The first-order valence-electron chi connectivity index (χ1n) is 8.56. The van der Waals surface area contributed by atoms with E-state index >= 15 is 0 Å². The van der Waals surface area contributed by atoms with Gasteiger partial charge in [0.2, 0.25) is 5.91 Å². The molecule has 0 bridgehead atoms. The van der Waals surface area contributed by atoms with Crippen LogP contribution in [0.15, 0.2) is 48.0 Å². The molecule has 3 rings (SSSR count). The highest BCUT2D eigenvalue weighted by Crippen LogP contribution is 2.29. The number of hydrogen-bond acceptors (Lipinski definition) is 6. The number of hydrogen-bond donors (Lipinski definition) is 2. The van der Waals surface area contributed by atoms with Gasteiger partial charge < -0.3 is 15.4 Å². The van der Waals surface area contributed by atoms with Gasteiger partial charge in [-0.25, -0.2) is 4.98 Å². The van der Waals surface area contributed by atoms with E-state index in [9.17, 15) is 4.79 Å². The van der Waals surface area contributed by atoms with Gasteiger partial charge in [0, 0.05) is 29.9 Å². The van der Waals surface area contributed by atoms with Gasteiger partial charge in [0.05, 0.1) is 12.3 Å². The van der Waals surface area contributed by atoms with Crippen LogP contribution in [0, 0.1) is 6.92 Å². The van der Waals surface area contributed by atoms with Crippen molar-refractivity contribution in [1.29, 1.82) is 0 Å². The minimum absolute atomic E-state index is 0.165. The largest absolute Gasteiger partial charge is 0.383 e. The normalized spacial score (nSPS) is 12.0. The van der Waals surface area contributed by atoms with E-state index in [4.69, 9.17) is 4.74 Å². The molecule has 0 aliphatic carbocycles. The zero-order chi connectivity index (χ0) is 19.2. The number of pyridine rings is 1. The van der Waals surface area contributed by atoms with Crippen LogP contribution in [0.3, 0.4) is 0 Å². The second-order valence-corrected chi connectivity index (χ2v) is 6.95. The molecule has 2 aromatic heterocycles. The van der Waals surface area contributed by atoms with Crippen molar-refractivity contribution in [3.8, 4) is 22.4 Å². The van der Waals surface area contributed by atoms with Gasteiger partial charge in [-0.3, -0.25) is 9.78 Å². The van der Waals surface area contributed by atoms with E-state index in [-0.39, 0.29) is 5.91 Å². The SMILES string of the molecule is CNC(COC)C(=O)Nc1nc(-c2cccc(-c3ccnc(C)c3)c2)cs1. The van der Waals surface area contributed by atoms with E-state index < -0.39 is 6.04 Å². The number of thiazole rings is 1. The lowest BCUT2D eigenvalue weighted by Gasteiger charge is -2.13. The number of rotatable bonds is 7. The average molecular weight is 382 g/mol. The summed E-state index contributed by atoms with van der Waals surface area (Å²) in [6, 6.07) is 11.8. The lowest BCUT2D eigenvalue weighted by atomic mass is 10.0. The predicted octanol–water partition coefficient (Wildman–Crippen LogP) is 3.35. The van der Waals surface area contributed by atoms with Crippen molar-refractivity contribution in [2.45, 2.75) is 13.0 Å². The number of carbonyl (C=O) groups is 1. The molecule has 27 heavy (non-hydrogen) atoms. The summed E-state index contributed by atoms with van der Waals surface area (Å²) < 4.78 is 5.05. The van der Waals surface area contributed by atoms with Crippen LogP contribution in [0.5, 0.6) is 0 Å². The van der Waals surface area contributed by atoms with E-state index in [1.54, 1.807) is 14.2 Å². The van der Waals surface area contributed by atoms with Gasteiger partial charge in [-0.15, -0.1) is 11.3 Å². The second kappa shape index (κ2) is 8.85. The Labute approximate surface area is 162 Å². The summed E-state index contributed by atoms with van der Waals surface area (Å²) in [5.41, 5.74) is 5.03. The topological polar surface area (TPSA) is 76.1 Å². The van der Waals surface area contributed by atoms with Gasteiger partial charge in [0.1, 0.15) is 6.04 Å². The molecule has 1 amide bonds. The third kappa shape index (κ3) is 4.77. The molecule has 0 spiro atoms. The quantitative estimate of drug-likeness (QED) is 0.655. The molecule has 1 unspecified atom stereocenters. The number of methoxy groups -OCH3 is 1. The van der Waals surface area contributed by atoms with E-state index in [2.05, 4.69) is 38.8 Å². The Kier molecular flexibility index (Phi) is 6.28. The van der Waals surface area contributed by atoms with Crippen LogP contribution in [-0.2, 0) is 9.53 Å². The van der Waals surface area contributed by atoms with Crippen LogP contribution < -0.4 is 10.6 Å². The fraction of sp³-hybridized carbons (Fsp3) is 0.250. The summed E-state index contributed by atoms with van der Waals surface area (Å²) in [4.78, 5) is 21.1. The Morgan fingerprint density at radius 3 is 2.74 bits per heavy atom. The minimum Gasteiger partial charge on any atom is -0.383 e. The van der Waals surface area contributed by atoms with Crippen LogP contribution in [0.25, 0.3) is 22.4 Å². The van der Waals surface area contributed by atoms with Crippen molar-refractivity contribution in [3.05, 3.63) is 53.7 Å². The average Bonchev–Trinajstić information content (AvgIpc) is 3.14. The molecule has 1 atom stereocenters. The van der Waals surface area contributed by atoms with Crippen LogP contribution >= 0.6 is 11.3 Å². The van der Waals surface area contributed by atoms with Crippen molar-refractivity contribution >= 4 is 22.4 Å². The Morgan fingerprint density at radius 1 is 1.22 bits per heavy atom. The molecule has 0 aliphatic rings. The van der Waals surface area contributed by atoms with Crippen molar-refractivity contribution in [1.82, 2.24) is 15.3 Å². The summed E-state index contributed by atoms with van der Waals surface area (Å²) >= 11 is 1.40. The van der Waals surface area contributed by atoms with E-state index in [1.807, 2.05) is 36.7 Å². The maximum atomic E-state index is 12.3. The van der Waals surface area contributed by atoms with Crippen molar-refractivity contribution < 1.29 is 9.53 Å². The fourth-order valence-electron chi connectivity index (χ4n) is 2.70. The van der Waals surface area contributed by atoms with Gasteiger partial charge in [-0.2, -0.15) is 0 Å². The van der Waals surface area contributed by atoms with Gasteiger partial charge in [0.15, 0.2) is 5.13 Å². The molecule has 3 aromatic rings. The number of nitrogens with one attached hydrogen (secondary N) is 2. The molecule has 0 saturated carbocycles. The molecule has 0 saturated heterocycles. The molecule has 2 N–H and O–H groups in total. The number of benzene rings is 1. The molecule has 7 heteroatoms. The highest BCUT2D eigenvalue weighted by molar-refractivity contribution is 7.14. The van der Waals surface area contributed by atoms with E-state index in [0.29, 0.717) is 11.7 Å². The zero-order valence-electron chi connectivity index (χ0n) is 15.5. The van der Waals surface area contributed by atoms with Crippen molar-refractivity contribution in [2.24, 2.45) is 0 Å². The molecular formula is C20H22N4O2S. The van der Waals surface area contributed by atoms with Crippen molar-refractivity contribution in [2.75, 3.05) is 26.1 Å². The van der Waals surface area contributed by atoms with Crippen LogP contribution in [-0.4, -0.2) is 42.7 Å². The maximum absolute atomic E-state index is 12.3. The lowest BCUT2D eigenvalue weighted by molar-refractivity contribution is -0.119. The molecule has 2 heterocycles. The van der Waals surface area contributed by atoms with Gasteiger partial charge in [0.25, 0.3) is 0 Å². The maximum Gasteiger partial charge on any atom is 0.245 e. The molecular weight excluding hydrogens is 360 g/mol. The van der Waals surface area contributed by atoms with Crippen LogP contribution in [0.4, 0.5) is 5.13 Å². The predicted molar refractivity (Wildman–Crippen MR) is 109 cm³/mol. The van der Waals surface area contributed by atoms with Gasteiger partial charge >= 0.3 is 0 Å². The summed E-state index contributed by atoms with van der Waals surface area (Å²) in [7, 11) is 3.29.